The topological polar surface area (TPSA) is 26.0 Å². The van der Waals surface area contributed by atoms with Crippen LogP contribution < -0.4 is 5.73 Å². The van der Waals surface area contributed by atoms with Gasteiger partial charge in [0.1, 0.15) is 0 Å². The van der Waals surface area contributed by atoms with Gasteiger partial charge in [-0.1, -0.05) is 41.4 Å². The maximum atomic E-state index is 6.48. The Morgan fingerprint density at radius 2 is 2.06 bits per heavy atom. The minimum absolute atomic E-state index is 0.0501. The Labute approximate surface area is 107 Å². The molecule has 1 aromatic rings. The van der Waals surface area contributed by atoms with Crippen LogP contribution in [0.4, 0.5) is 0 Å². The third-order valence-electron chi connectivity index (χ3n) is 3.79. The van der Waals surface area contributed by atoms with Crippen molar-refractivity contribution in [3.05, 3.63) is 34.3 Å². The average molecular weight is 282 g/mol. The summed E-state index contributed by atoms with van der Waals surface area (Å²) >= 11 is 3.46. The van der Waals surface area contributed by atoms with E-state index in [4.69, 9.17) is 5.73 Å². The van der Waals surface area contributed by atoms with Crippen LogP contribution in [0.3, 0.4) is 0 Å². The van der Waals surface area contributed by atoms with Crippen LogP contribution in [0.5, 0.6) is 0 Å². The van der Waals surface area contributed by atoms with Gasteiger partial charge in [-0.2, -0.15) is 0 Å². The lowest BCUT2D eigenvalue weighted by Gasteiger charge is -2.24. The predicted octanol–water partition coefficient (Wildman–Crippen LogP) is 3.90. The minimum Gasteiger partial charge on any atom is -0.325 e. The van der Waals surface area contributed by atoms with Crippen LogP contribution in [0.1, 0.15) is 38.2 Å². The molecule has 1 aromatic carbocycles. The predicted molar refractivity (Wildman–Crippen MR) is 72.4 cm³/mol. The summed E-state index contributed by atoms with van der Waals surface area (Å²) in [6, 6.07) is 8.56. The fraction of sp³-hybridized carbons (Fsp3) is 0.571. The summed E-state index contributed by atoms with van der Waals surface area (Å²) in [5.74, 6) is 0.848. The van der Waals surface area contributed by atoms with Crippen molar-refractivity contribution >= 4 is 15.9 Å². The van der Waals surface area contributed by atoms with Gasteiger partial charge in [-0.3, -0.25) is 0 Å². The Bertz CT molecular complexity index is 346. The molecule has 1 aliphatic rings. The number of nitrogens with two attached hydrogens (primary N) is 1. The summed E-state index contributed by atoms with van der Waals surface area (Å²) in [4.78, 5) is 0. The Kier molecular flexibility index (Phi) is 3.70. The molecule has 0 spiro atoms. The summed E-state index contributed by atoms with van der Waals surface area (Å²) in [6.07, 6.45) is 5.99. The second-order valence-electron chi connectivity index (χ2n) is 5.18. The molecule has 0 bridgehead atoms. The minimum atomic E-state index is 0.0501. The molecule has 88 valence electrons. The number of rotatable bonds is 3. The Hall–Kier alpha value is -0.340. The first-order chi connectivity index (χ1) is 7.61. The number of hydrogen-bond acceptors (Lipinski definition) is 1. The third-order valence-corrected chi connectivity index (χ3v) is 4.32. The molecule has 2 N–H and O–H groups in total. The molecule has 2 heteroatoms. The smallest absolute Gasteiger partial charge is 0.0197 e. The van der Waals surface area contributed by atoms with Crippen molar-refractivity contribution in [2.75, 3.05) is 0 Å². The lowest BCUT2D eigenvalue weighted by atomic mass is 9.89. The first-order valence-electron chi connectivity index (χ1n) is 6.15. The molecule has 0 aliphatic heterocycles. The molecule has 1 aliphatic carbocycles. The van der Waals surface area contributed by atoms with Gasteiger partial charge in [0.05, 0.1) is 0 Å². The zero-order valence-corrected chi connectivity index (χ0v) is 11.5. The summed E-state index contributed by atoms with van der Waals surface area (Å²) < 4.78 is 1.14. The van der Waals surface area contributed by atoms with Crippen LogP contribution in [0.2, 0.25) is 0 Å². The molecule has 2 rings (SSSR count). The molecule has 2 atom stereocenters. The summed E-state index contributed by atoms with van der Waals surface area (Å²) in [7, 11) is 0. The lowest BCUT2D eigenvalue weighted by molar-refractivity contribution is 0.407. The SMILES string of the molecule is CCC1CCC(N)(Cc2ccc(Br)cc2)C1. The summed E-state index contributed by atoms with van der Waals surface area (Å²) in [6.45, 7) is 2.27. The van der Waals surface area contributed by atoms with Crippen LogP contribution in [-0.2, 0) is 6.42 Å². The van der Waals surface area contributed by atoms with E-state index in [0.717, 1.165) is 16.8 Å². The Morgan fingerprint density at radius 3 is 2.62 bits per heavy atom. The number of benzene rings is 1. The maximum absolute atomic E-state index is 6.48. The summed E-state index contributed by atoms with van der Waals surface area (Å²) in [5.41, 5.74) is 7.90. The fourth-order valence-electron chi connectivity index (χ4n) is 2.79. The zero-order valence-electron chi connectivity index (χ0n) is 9.88. The van der Waals surface area contributed by atoms with Crippen molar-refractivity contribution in [2.45, 2.75) is 44.6 Å². The van der Waals surface area contributed by atoms with Crippen LogP contribution in [0.25, 0.3) is 0 Å². The summed E-state index contributed by atoms with van der Waals surface area (Å²) in [5, 5.41) is 0. The zero-order chi connectivity index (χ0) is 11.6. The molecule has 0 aromatic heterocycles. The van der Waals surface area contributed by atoms with Crippen molar-refractivity contribution in [3.63, 3.8) is 0 Å². The van der Waals surface area contributed by atoms with Crippen LogP contribution in [-0.4, -0.2) is 5.54 Å². The van der Waals surface area contributed by atoms with Gasteiger partial charge in [0.2, 0.25) is 0 Å². The van der Waals surface area contributed by atoms with Crippen LogP contribution in [0.15, 0.2) is 28.7 Å². The Morgan fingerprint density at radius 1 is 1.38 bits per heavy atom. The van der Waals surface area contributed by atoms with E-state index in [0.29, 0.717) is 0 Å². The average Bonchev–Trinajstić information content (AvgIpc) is 2.64. The third kappa shape index (κ3) is 2.86. The van der Waals surface area contributed by atoms with Gasteiger partial charge >= 0.3 is 0 Å². The quantitative estimate of drug-likeness (QED) is 0.894. The number of halogens is 1. The molecule has 2 unspecified atom stereocenters. The van der Waals surface area contributed by atoms with E-state index in [-0.39, 0.29) is 5.54 Å². The van der Waals surface area contributed by atoms with Crippen molar-refractivity contribution in [1.82, 2.24) is 0 Å². The highest BCUT2D eigenvalue weighted by atomic mass is 79.9. The molecule has 0 radical (unpaired) electrons. The second-order valence-corrected chi connectivity index (χ2v) is 6.10. The van der Waals surface area contributed by atoms with Gasteiger partial charge in [-0.05, 0) is 49.3 Å². The first-order valence-corrected chi connectivity index (χ1v) is 6.94. The van der Waals surface area contributed by atoms with Crippen molar-refractivity contribution in [3.8, 4) is 0 Å². The van der Waals surface area contributed by atoms with Gasteiger partial charge < -0.3 is 5.73 Å². The lowest BCUT2D eigenvalue weighted by Crippen LogP contribution is -2.39. The normalized spacial score (nSPS) is 29.6. The van der Waals surface area contributed by atoms with E-state index in [1.807, 2.05) is 0 Å². The number of hydrogen-bond donors (Lipinski definition) is 1. The highest BCUT2D eigenvalue weighted by Crippen LogP contribution is 2.36. The molecule has 0 saturated heterocycles. The Balaban J connectivity index is 2.01. The molecule has 0 heterocycles. The van der Waals surface area contributed by atoms with E-state index in [1.165, 1.54) is 31.2 Å². The van der Waals surface area contributed by atoms with E-state index in [2.05, 4.69) is 47.1 Å². The standard InChI is InChI=1S/C14H20BrN/c1-2-11-7-8-14(16,9-11)10-12-3-5-13(15)6-4-12/h3-6,11H,2,7-10,16H2,1H3. The van der Waals surface area contributed by atoms with E-state index < -0.39 is 0 Å². The van der Waals surface area contributed by atoms with Crippen molar-refractivity contribution in [1.29, 1.82) is 0 Å². The van der Waals surface area contributed by atoms with E-state index >= 15 is 0 Å². The van der Waals surface area contributed by atoms with Crippen molar-refractivity contribution < 1.29 is 0 Å². The molecule has 1 fully saturated rings. The largest absolute Gasteiger partial charge is 0.325 e. The van der Waals surface area contributed by atoms with Gasteiger partial charge in [0, 0.05) is 10.0 Å². The van der Waals surface area contributed by atoms with Gasteiger partial charge in [0.15, 0.2) is 0 Å². The van der Waals surface area contributed by atoms with Gasteiger partial charge in [-0.15, -0.1) is 0 Å². The second kappa shape index (κ2) is 4.89. The molecule has 0 amide bonds. The van der Waals surface area contributed by atoms with Crippen LogP contribution in [0, 0.1) is 5.92 Å². The highest BCUT2D eigenvalue weighted by Gasteiger charge is 2.34. The first kappa shape index (κ1) is 12.1. The van der Waals surface area contributed by atoms with Crippen LogP contribution >= 0.6 is 15.9 Å². The highest BCUT2D eigenvalue weighted by molar-refractivity contribution is 9.10. The fourth-order valence-corrected chi connectivity index (χ4v) is 3.05. The van der Waals surface area contributed by atoms with E-state index in [9.17, 15) is 0 Å². The molecule has 16 heavy (non-hydrogen) atoms. The molecule has 1 saturated carbocycles. The van der Waals surface area contributed by atoms with Gasteiger partial charge in [0.25, 0.3) is 0 Å². The maximum Gasteiger partial charge on any atom is 0.0197 e. The monoisotopic (exact) mass is 281 g/mol. The van der Waals surface area contributed by atoms with Gasteiger partial charge in [-0.25, -0.2) is 0 Å². The molecule has 1 nitrogen and oxygen atoms in total. The molecular weight excluding hydrogens is 262 g/mol. The van der Waals surface area contributed by atoms with Crippen molar-refractivity contribution in [2.24, 2.45) is 11.7 Å². The van der Waals surface area contributed by atoms with E-state index in [1.54, 1.807) is 0 Å². The molecular formula is C14H20BrN.